The molecule has 1 rings (SSSR count). The summed E-state index contributed by atoms with van der Waals surface area (Å²) in [7, 11) is 2.13. The lowest BCUT2D eigenvalue weighted by molar-refractivity contribution is 0.0771. The highest BCUT2D eigenvalue weighted by Crippen LogP contribution is 2.13. The molecule has 0 aromatic heterocycles. The van der Waals surface area contributed by atoms with E-state index in [1.807, 2.05) is 4.90 Å². The second-order valence-electron chi connectivity index (χ2n) is 4.85. The first-order valence-electron chi connectivity index (χ1n) is 6.31. The lowest BCUT2D eigenvalue weighted by Gasteiger charge is -2.42. The maximum absolute atomic E-state index is 11.9. The third-order valence-corrected chi connectivity index (χ3v) is 3.45. The molecule has 1 fully saturated rings. The number of hydrogen-bond donors (Lipinski definition) is 1. The topological polar surface area (TPSA) is 35.6 Å². The highest BCUT2D eigenvalue weighted by Gasteiger charge is 2.28. The highest BCUT2D eigenvalue weighted by atomic mass is 16.2. The number of nitrogens with zero attached hydrogens (tertiary/aromatic N) is 2. The fourth-order valence-corrected chi connectivity index (χ4v) is 2.05. The Labute approximate surface area is 99.0 Å². The molecule has 4 heteroatoms. The maximum Gasteiger partial charge on any atom is 0.317 e. The summed E-state index contributed by atoms with van der Waals surface area (Å²) in [4.78, 5) is 16.1. The summed E-state index contributed by atoms with van der Waals surface area (Å²) in [6.07, 6.45) is 2.18. The number of likely N-dealkylation sites (N-methyl/N-ethyl adjacent to an activating group) is 1. The number of nitrogens with one attached hydrogen (secondary N) is 1. The van der Waals surface area contributed by atoms with Crippen molar-refractivity contribution in [3.05, 3.63) is 0 Å². The van der Waals surface area contributed by atoms with Crippen LogP contribution >= 0.6 is 0 Å². The number of rotatable bonds is 3. The number of carbonyl (C=O) groups is 1. The Bertz CT molecular complexity index is 220. The fourth-order valence-electron chi connectivity index (χ4n) is 2.05. The molecule has 1 heterocycles. The molecule has 1 aliphatic rings. The molecule has 0 bridgehead atoms. The molecule has 0 aromatic carbocycles. The Morgan fingerprint density at radius 3 is 2.38 bits per heavy atom. The molecule has 1 saturated heterocycles. The average Bonchev–Trinajstić information content (AvgIpc) is 2.25. The third kappa shape index (κ3) is 3.37. The number of hydrogen-bond acceptors (Lipinski definition) is 2. The Morgan fingerprint density at radius 2 is 1.88 bits per heavy atom. The summed E-state index contributed by atoms with van der Waals surface area (Å²) in [6.45, 7) is 8.93. The smallest absolute Gasteiger partial charge is 0.317 e. The van der Waals surface area contributed by atoms with Gasteiger partial charge in [-0.1, -0.05) is 13.3 Å². The second kappa shape index (κ2) is 6.09. The van der Waals surface area contributed by atoms with Gasteiger partial charge in [-0.25, -0.2) is 4.79 Å². The Hall–Kier alpha value is -0.770. The van der Waals surface area contributed by atoms with Gasteiger partial charge in [0.25, 0.3) is 0 Å². The molecule has 2 unspecified atom stereocenters. The summed E-state index contributed by atoms with van der Waals surface area (Å²) in [5.41, 5.74) is 0. The van der Waals surface area contributed by atoms with Gasteiger partial charge >= 0.3 is 6.03 Å². The average molecular weight is 227 g/mol. The van der Waals surface area contributed by atoms with Gasteiger partial charge in [-0.2, -0.15) is 0 Å². The first kappa shape index (κ1) is 13.3. The van der Waals surface area contributed by atoms with E-state index >= 15 is 0 Å². The largest absolute Gasteiger partial charge is 0.338 e. The lowest BCUT2D eigenvalue weighted by Crippen LogP contribution is -2.58. The van der Waals surface area contributed by atoms with Crippen molar-refractivity contribution in [3.63, 3.8) is 0 Å². The van der Waals surface area contributed by atoms with Gasteiger partial charge in [-0.05, 0) is 27.3 Å². The Kier molecular flexibility index (Phi) is 5.06. The standard InChI is InChI=1S/C12H25N3O/c1-5-6-7-13-12(16)15-8-10(2)14(4)11(3)9-15/h10-11H,5-9H2,1-4H3,(H,13,16). The number of unbranched alkanes of at least 4 members (excludes halogenated alkanes) is 1. The van der Waals surface area contributed by atoms with Crippen molar-refractivity contribution < 1.29 is 4.79 Å². The number of carbonyl (C=O) groups excluding carboxylic acids is 1. The highest BCUT2D eigenvalue weighted by molar-refractivity contribution is 5.74. The minimum Gasteiger partial charge on any atom is -0.338 e. The first-order valence-corrected chi connectivity index (χ1v) is 6.31. The monoisotopic (exact) mass is 227 g/mol. The van der Waals surface area contributed by atoms with Crippen molar-refractivity contribution in [2.24, 2.45) is 0 Å². The van der Waals surface area contributed by atoms with E-state index in [4.69, 9.17) is 0 Å². The van der Waals surface area contributed by atoms with Gasteiger partial charge in [-0.15, -0.1) is 0 Å². The predicted molar refractivity (Wildman–Crippen MR) is 66.6 cm³/mol. The number of amides is 2. The fraction of sp³-hybridized carbons (Fsp3) is 0.917. The van der Waals surface area contributed by atoms with Gasteiger partial charge in [0.2, 0.25) is 0 Å². The molecule has 2 atom stereocenters. The van der Waals surface area contributed by atoms with Crippen LogP contribution in [-0.4, -0.2) is 54.6 Å². The molecule has 1 aliphatic heterocycles. The summed E-state index contributed by atoms with van der Waals surface area (Å²) >= 11 is 0. The van der Waals surface area contributed by atoms with Gasteiger partial charge < -0.3 is 10.2 Å². The molecule has 94 valence electrons. The normalized spacial score (nSPS) is 26.9. The first-order chi connectivity index (χ1) is 7.56. The molecular weight excluding hydrogens is 202 g/mol. The Balaban J connectivity index is 2.39. The van der Waals surface area contributed by atoms with Crippen molar-refractivity contribution in [3.8, 4) is 0 Å². The molecule has 0 radical (unpaired) electrons. The molecule has 0 aliphatic carbocycles. The number of urea groups is 1. The van der Waals surface area contributed by atoms with Gasteiger partial charge in [0, 0.05) is 31.7 Å². The zero-order valence-electron chi connectivity index (χ0n) is 11.0. The van der Waals surface area contributed by atoms with Crippen molar-refractivity contribution >= 4 is 6.03 Å². The Morgan fingerprint density at radius 1 is 1.31 bits per heavy atom. The molecule has 1 N–H and O–H groups in total. The molecular formula is C12H25N3O. The van der Waals surface area contributed by atoms with Gasteiger partial charge in [-0.3, -0.25) is 4.90 Å². The zero-order valence-corrected chi connectivity index (χ0v) is 11.0. The van der Waals surface area contributed by atoms with Crippen LogP contribution in [0, 0.1) is 0 Å². The van der Waals surface area contributed by atoms with E-state index in [9.17, 15) is 4.79 Å². The van der Waals surface area contributed by atoms with Crippen LogP contribution in [-0.2, 0) is 0 Å². The van der Waals surface area contributed by atoms with E-state index in [0.29, 0.717) is 12.1 Å². The van der Waals surface area contributed by atoms with Crippen LogP contribution in [0.5, 0.6) is 0 Å². The molecule has 4 nitrogen and oxygen atoms in total. The summed E-state index contributed by atoms with van der Waals surface area (Å²) in [5.74, 6) is 0. The predicted octanol–water partition coefficient (Wildman–Crippen LogP) is 1.52. The maximum atomic E-state index is 11.9. The van der Waals surface area contributed by atoms with E-state index in [1.54, 1.807) is 0 Å². The molecule has 2 amide bonds. The zero-order chi connectivity index (χ0) is 12.1. The third-order valence-electron chi connectivity index (χ3n) is 3.45. The summed E-state index contributed by atoms with van der Waals surface area (Å²) in [6, 6.07) is 0.988. The quantitative estimate of drug-likeness (QED) is 0.742. The van der Waals surface area contributed by atoms with Crippen LogP contribution in [0.15, 0.2) is 0 Å². The second-order valence-corrected chi connectivity index (χ2v) is 4.85. The summed E-state index contributed by atoms with van der Waals surface area (Å²) in [5, 5.41) is 2.98. The molecule has 0 spiro atoms. The minimum atomic E-state index is 0.0975. The van der Waals surface area contributed by atoms with Gasteiger partial charge in [0.05, 0.1) is 0 Å². The van der Waals surface area contributed by atoms with Crippen molar-refractivity contribution in [1.29, 1.82) is 0 Å². The lowest BCUT2D eigenvalue weighted by atomic mass is 10.1. The van der Waals surface area contributed by atoms with E-state index in [1.165, 1.54) is 0 Å². The van der Waals surface area contributed by atoms with Crippen LogP contribution < -0.4 is 5.32 Å². The summed E-state index contributed by atoms with van der Waals surface area (Å²) < 4.78 is 0. The molecule has 0 saturated carbocycles. The molecule has 0 aromatic rings. The van der Waals surface area contributed by atoms with Crippen LogP contribution in [0.3, 0.4) is 0 Å². The van der Waals surface area contributed by atoms with Crippen LogP contribution in [0.1, 0.15) is 33.6 Å². The van der Waals surface area contributed by atoms with Gasteiger partial charge in [0.15, 0.2) is 0 Å². The van der Waals surface area contributed by atoms with E-state index < -0.39 is 0 Å². The molecule has 16 heavy (non-hydrogen) atoms. The van der Waals surface area contributed by atoms with Crippen molar-refractivity contribution in [2.75, 3.05) is 26.7 Å². The van der Waals surface area contributed by atoms with Crippen LogP contribution in [0.2, 0.25) is 0 Å². The van der Waals surface area contributed by atoms with Crippen LogP contribution in [0.4, 0.5) is 4.79 Å². The minimum absolute atomic E-state index is 0.0975. The van der Waals surface area contributed by atoms with Crippen LogP contribution in [0.25, 0.3) is 0 Å². The van der Waals surface area contributed by atoms with E-state index in [0.717, 1.165) is 32.5 Å². The van der Waals surface area contributed by atoms with E-state index in [-0.39, 0.29) is 6.03 Å². The number of piperazine rings is 1. The van der Waals surface area contributed by atoms with Gasteiger partial charge in [0.1, 0.15) is 0 Å². The SMILES string of the molecule is CCCCNC(=O)N1CC(C)N(C)C(C)C1. The van der Waals surface area contributed by atoms with Crippen molar-refractivity contribution in [2.45, 2.75) is 45.7 Å². The van der Waals surface area contributed by atoms with Crippen molar-refractivity contribution in [1.82, 2.24) is 15.1 Å². The van der Waals surface area contributed by atoms with E-state index in [2.05, 4.69) is 38.0 Å².